The van der Waals surface area contributed by atoms with Crippen LogP contribution < -0.4 is 5.32 Å². The highest BCUT2D eigenvalue weighted by Gasteiger charge is 2.21. The Morgan fingerprint density at radius 3 is 2.81 bits per heavy atom. The Bertz CT molecular complexity index is 977. The van der Waals surface area contributed by atoms with E-state index in [4.69, 9.17) is 0 Å². The molecular weight excluding hydrogens is 348 g/mol. The molecule has 4 nitrogen and oxygen atoms in total. The molecule has 1 N–H and O–H groups in total. The third-order valence-corrected chi connectivity index (χ3v) is 5.23. The van der Waals surface area contributed by atoms with Crippen LogP contribution in [0.2, 0.25) is 0 Å². The summed E-state index contributed by atoms with van der Waals surface area (Å²) in [5.74, 6) is -0.293. The third kappa shape index (κ3) is 3.70. The highest BCUT2D eigenvalue weighted by molar-refractivity contribution is 5.94. The lowest BCUT2D eigenvalue weighted by Crippen LogP contribution is -2.15. The molecule has 4 rings (SSSR count). The van der Waals surface area contributed by atoms with Gasteiger partial charge in [0, 0.05) is 18.2 Å². The Kier molecular flexibility index (Phi) is 4.88. The topological polar surface area (TPSA) is 46.4 Å². The molecule has 1 saturated carbocycles. The highest BCUT2D eigenvalue weighted by Crippen LogP contribution is 2.32. The van der Waals surface area contributed by atoms with Gasteiger partial charge in [0.05, 0.1) is 0 Å². The summed E-state index contributed by atoms with van der Waals surface area (Å²) in [4.78, 5) is 16.9. The van der Waals surface area contributed by atoms with E-state index in [0.717, 1.165) is 24.6 Å². The normalized spacial score (nSPS) is 14.7. The van der Waals surface area contributed by atoms with Crippen molar-refractivity contribution >= 4 is 17.4 Å². The highest BCUT2D eigenvalue weighted by atomic mass is 19.1. The number of amides is 1. The number of carbonyl (C=O) groups excluding carboxylic acids is 1. The molecule has 0 spiro atoms. The lowest BCUT2D eigenvalue weighted by molar-refractivity contribution is -0.116. The van der Waals surface area contributed by atoms with Crippen molar-refractivity contribution in [1.29, 1.82) is 0 Å². The van der Waals surface area contributed by atoms with Crippen LogP contribution in [0.1, 0.15) is 38.5 Å². The maximum absolute atomic E-state index is 14.3. The number of aromatic nitrogens is 2. The number of rotatable bonds is 5. The van der Waals surface area contributed by atoms with Crippen LogP contribution in [-0.2, 0) is 4.79 Å². The number of hydrogen-bond acceptors (Lipinski definition) is 2. The van der Waals surface area contributed by atoms with Gasteiger partial charge >= 0.3 is 0 Å². The summed E-state index contributed by atoms with van der Waals surface area (Å²) in [6.45, 7) is 0. The number of nitrogens with zero attached hydrogens (tertiary/aromatic N) is 2. The Hall–Kier alpha value is -2.76. The fourth-order valence-electron chi connectivity index (χ4n) is 3.81. The summed E-state index contributed by atoms with van der Waals surface area (Å²) in [6.07, 6.45) is 7.86. The van der Waals surface area contributed by atoms with E-state index in [1.54, 1.807) is 28.8 Å². The van der Waals surface area contributed by atoms with Crippen LogP contribution in [0.5, 0.6) is 0 Å². The third-order valence-electron chi connectivity index (χ3n) is 5.23. The molecule has 2 heterocycles. The van der Waals surface area contributed by atoms with E-state index >= 15 is 0 Å². The van der Waals surface area contributed by atoms with E-state index < -0.39 is 11.6 Å². The van der Waals surface area contributed by atoms with Gasteiger partial charge in [0.25, 0.3) is 0 Å². The molecular formula is C21H21F2N3O. The molecule has 0 aliphatic heterocycles. The van der Waals surface area contributed by atoms with Crippen LogP contribution in [0.15, 0.2) is 42.6 Å². The smallest absolute Gasteiger partial charge is 0.225 e. The van der Waals surface area contributed by atoms with Crippen molar-refractivity contribution in [1.82, 2.24) is 9.38 Å². The van der Waals surface area contributed by atoms with Gasteiger partial charge < -0.3 is 5.32 Å². The Balaban J connectivity index is 1.66. The number of hydrogen-bond donors (Lipinski definition) is 1. The Morgan fingerprint density at radius 1 is 1.19 bits per heavy atom. The van der Waals surface area contributed by atoms with Crippen molar-refractivity contribution in [3.63, 3.8) is 0 Å². The van der Waals surface area contributed by atoms with Crippen LogP contribution in [0.25, 0.3) is 16.9 Å². The van der Waals surface area contributed by atoms with Crippen molar-refractivity contribution in [3.05, 3.63) is 54.2 Å². The van der Waals surface area contributed by atoms with Crippen LogP contribution in [-0.4, -0.2) is 15.3 Å². The number of imidazole rings is 1. The van der Waals surface area contributed by atoms with Gasteiger partial charge in [-0.2, -0.15) is 0 Å². The van der Waals surface area contributed by atoms with Crippen molar-refractivity contribution in [2.45, 2.75) is 38.5 Å². The van der Waals surface area contributed by atoms with E-state index in [2.05, 4.69) is 10.3 Å². The molecule has 1 amide bonds. The monoisotopic (exact) mass is 369 g/mol. The first-order chi connectivity index (χ1) is 13.1. The average molecular weight is 369 g/mol. The molecule has 1 aromatic carbocycles. The summed E-state index contributed by atoms with van der Waals surface area (Å²) < 4.78 is 29.7. The van der Waals surface area contributed by atoms with Crippen LogP contribution in [0.4, 0.5) is 14.6 Å². The number of halogens is 2. The van der Waals surface area contributed by atoms with Crippen LogP contribution in [0, 0.1) is 17.6 Å². The molecule has 6 heteroatoms. The molecule has 0 unspecified atom stereocenters. The number of fused-ring (bicyclic) bond motifs is 1. The minimum Gasteiger partial charge on any atom is -0.310 e. The molecule has 3 aromatic rings. The minimum absolute atomic E-state index is 0.0322. The number of pyridine rings is 1. The van der Waals surface area contributed by atoms with E-state index in [0.29, 0.717) is 23.8 Å². The lowest BCUT2D eigenvalue weighted by atomic mass is 10.0. The van der Waals surface area contributed by atoms with Gasteiger partial charge in [0.2, 0.25) is 5.91 Å². The van der Waals surface area contributed by atoms with Gasteiger partial charge in [-0.15, -0.1) is 0 Å². The number of benzene rings is 1. The maximum Gasteiger partial charge on any atom is 0.225 e. The number of nitrogens with one attached hydrogen (secondary N) is 1. The van der Waals surface area contributed by atoms with E-state index in [9.17, 15) is 13.6 Å². The second kappa shape index (κ2) is 7.47. The van der Waals surface area contributed by atoms with Crippen molar-refractivity contribution in [3.8, 4) is 11.3 Å². The molecule has 1 fully saturated rings. The van der Waals surface area contributed by atoms with Crippen molar-refractivity contribution in [2.24, 2.45) is 5.92 Å². The van der Waals surface area contributed by atoms with Gasteiger partial charge in [-0.3, -0.25) is 9.20 Å². The predicted molar refractivity (Wildman–Crippen MR) is 100 cm³/mol. The summed E-state index contributed by atoms with van der Waals surface area (Å²) in [6, 6.07) is 8.60. The van der Waals surface area contributed by atoms with Crippen LogP contribution in [0.3, 0.4) is 0 Å². The summed E-state index contributed by atoms with van der Waals surface area (Å²) in [5, 5.41) is 2.88. The molecule has 1 aliphatic rings. The molecule has 0 bridgehead atoms. The van der Waals surface area contributed by atoms with Gasteiger partial charge in [-0.1, -0.05) is 31.7 Å². The standard InChI is InChI=1S/C21H21F2N3O/c22-15-9-10-17(23)16(13-15)20-21(26-12-4-3-7-18(26)24-20)25-19(27)11-8-14-5-1-2-6-14/h3-4,7,9-10,12-14H,1-2,5-6,8,11H2,(H,25,27). The minimum atomic E-state index is -0.582. The van der Waals surface area contributed by atoms with Gasteiger partial charge in [0.1, 0.15) is 28.8 Å². The second-order valence-corrected chi connectivity index (χ2v) is 7.10. The fraction of sp³-hybridized carbons (Fsp3) is 0.333. The molecule has 2 aromatic heterocycles. The van der Waals surface area contributed by atoms with Gasteiger partial charge in [-0.05, 0) is 42.7 Å². The molecule has 0 saturated heterocycles. The summed E-state index contributed by atoms with van der Waals surface area (Å²) >= 11 is 0. The fourth-order valence-corrected chi connectivity index (χ4v) is 3.81. The lowest BCUT2D eigenvalue weighted by Gasteiger charge is -2.11. The number of carbonyl (C=O) groups is 1. The first-order valence-electron chi connectivity index (χ1n) is 9.34. The summed E-state index contributed by atoms with van der Waals surface area (Å²) in [7, 11) is 0. The zero-order valence-electron chi connectivity index (χ0n) is 14.9. The largest absolute Gasteiger partial charge is 0.310 e. The van der Waals surface area contributed by atoms with Gasteiger partial charge in [0.15, 0.2) is 0 Å². The van der Waals surface area contributed by atoms with Crippen molar-refractivity contribution < 1.29 is 13.6 Å². The Labute approximate surface area is 156 Å². The SMILES string of the molecule is O=C(CCC1CCCC1)Nc1c(-c2cc(F)ccc2F)nc2ccccn12. The second-order valence-electron chi connectivity index (χ2n) is 7.10. The van der Waals surface area contributed by atoms with Gasteiger partial charge in [-0.25, -0.2) is 13.8 Å². The van der Waals surface area contributed by atoms with Crippen LogP contribution >= 0.6 is 0 Å². The zero-order valence-corrected chi connectivity index (χ0v) is 14.9. The first kappa shape index (κ1) is 17.6. The average Bonchev–Trinajstić information content (AvgIpc) is 3.30. The molecule has 0 radical (unpaired) electrons. The molecule has 27 heavy (non-hydrogen) atoms. The van der Waals surface area contributed by atoms with E-state index in [1.807, 2.05) is 0 Å². The first-order valence-corrected chi connectivity index (χ1v) is 9.34. The van der Waals surface area contributed by atoms with E-state index in [-0.39, 0.29) is 17.2 Å². The summed E-state index contributed by atoms with van der Waals surface area (Å²) in [5.41, 5.74) is 0.819. The quantitative estimate of drug-likeness (QED) is 0.673. The molecule has 140 valence electrons. The number of anilines is 1. The molecule has 1 aliphatic carbocycles. The zero-order chi connectivity index (χ0) is 18.8. The van der Waals surface area contributed by atoms with Crippen molar-refractivity contribution in [2.75, 3.05) is 5.32 Å². The maximum atomic E-state index is 14.3. The Morgan fingerprint density at radius 2 is 2.00 bits per heavy atom. The molecule has 0 atom stereocenters. The van der Waals surface area contributed by atoms with E-state index in [1.165, 1.54) is 25.7 Å². The predicted octanol–water partition coefficient (Wildman–Crippen LogP) is 5.19.